The first-order valence-corrected chi connectivity index (χ1v) is 14.6. The van der Waals surface area contributed by atoms with Gasteiger partial charge in [0.2, 0.25) is 10.3 Å². The van der Waals surface area contributed by atoms with Crippen molar-refractivity contribution in [3.05, 3.63) is 111 Å². The van der Waals surface area contributed by atoms with Crippen LogP contribution in [-0.2, 0) is 0 Å². The Bertz CT molecular complexity index is 2060. The van der Waals surface area contributed by atoms with Crippen molar-refractivity contribution < 1.29 is 4.42 Å². The Hall–Kier alpha value is -4.45. The molecular formula is C29H17BrN6O2S2. The Balaban J connectivity index is 1.26. The zero-order chi connectivity index (χ0) is 27.1. The van der Waals surface area contributed by atoms with E-state index < -0.39 is 5.63 Å². The first kappa shape index (κ1) is 24.6. The average molecular weight is 626 g/mol. The zero-order valence-electron chi connectivity index (χ0n) is 20.5. The maximum atomic E-state index is 13.0. The smallest absolute Gasteiger partial charge is 0.345 e. The van der Waals surface area contributed by atoms with Crippen LogP contribution in [0.3, 0.4) is 0 Å². The quantitative estimate of drug-likeness (QED) is 0.116. The molecule has 0 atom stereocenters. The number of hydrazone groups is 1. The molecular weight excluding hydrogens is 608 g/mol. The highest BCUT2D eigenvalue weighted by atomic mass is 79.9. The van der Waals surface area contributed by atoms with E-state index in [4.69, 9.17) is 14.5 Å². The molecule has 0 saturated heterocycles. The maximum Gasteiger partial charge on any atom is 0.345 e. The summed E-state index contributed by atoms with van der Waals surface area (Å²) >= 11 is 6.42. The molecule has 8 nitrogen and oxygen atoms in total. The number of rotatable bonds is 6. The average Bonchev–Trinajstić information content (AvgIpc) is 3.72. The van der Waals surface area contributed by atoms with Gasteiger partial charge in [-0.1, -0.05) is 69.7 Å². The number of aromatic nitrogens is 4. The topological polar surface area (TPSA) is 98.2 Å². The lowest BCUT2D eigenvalue weighted by Gasteiger charge is -2.01. The van der Waals surface area contributed by atoms with E-state index in [1.54, 1.807) is 23.0 Å². The number of thiazole rings is 2. The van der Waals surface area contributed by atoms with Crippen molar-refractivity contribution in [3.8, 4) is 27.6 Å². The second kappa shape index (κ2) is 10.3. The van der Waals surface area contributed by atoms with Crippen LogP contribution in [0.4, 0.5) is 5.13 Å². The number of halogens is 1. The number of hydrogen-bond donors (Lipinski definition) is 1. The molecule has 1 N–H and O–H groups in total. The molecule has 11 heteroatoms. The molecule has 0 aliphatic rings. The van der Waals surface area contributed by atoms with Gasteiger partial charge in [0, 0.05) is 32.6 Å². The molecule has 0 saturated carbocycles. The van der Waals surface area contributed by atoms with Crippen molar-refractivity contribution in [1.29, 1.82) is 0 Å². The van der Waals surface area contributed by atoms with Crippen LogP contribution in [-0.4, -0.2) is 26.0 Å². The number of fused-ring (bicyclic) bond motifs is 2. The molecule has 0 fully saturated rings. The Kier molecular flexibility index (Phi) is 6.31. The standard InChI is InChI=1S/C29H17BrN6O2S2/c30-20-11-9-17(10-12-20)23-16-39-28(32-23)34-31-14-19-15-36(29-33-22-6-2-4-8-25(22)40-29)35-26(19)21-13-18-5-1-3-7-24(18)38-27(21)37/h1-16H,(H,32,34)/b31-14+. The summed E-state index contributed by atoms with van der Waals surface area (Å²) in [4.78, 5) is 22.4. The molecule has 0 aliphatic carbocycles. The van der Waals surface area contributed by atoms with E-state index in [2.05, 4.69) is 31.4 Å². The van der Waals surface area contributed by atoms with Gasteiger partial charge in [-0.05, 0) is 36.4 Å². The third-order valence-corrected chi connectivity index (χ3v) is 8.43. The molecule has 0 unspecified atom stereocenters. The zero-order valence-corrected chi connectivity index (χ0v) is 23.7. The second-order valence-electron chi connectivity index (χ2n) is 8.74. The number of hydrogen-bond acceptors (Lipinski definition) is 9. The summed E-state index contributed by atoms with van der Waals surface area (Å²) in [7, 11) is 0. The van der Waals surface area contributed by atoms with Gasteiger partial charge in [-0.15, -0.1) is 11.3 Å². The number of anilines is 1. The summed E-state index contributed by atoms with van der Waals surface area (Å²) in [6.45, 7) is 0. The second-order valence-corrected chi connectivity index (χ2v) is 11.5. The third kappa shape index (κ3) is 4.75. The van der Waals surface area contributed by atoms with Crippen molar-refractivity contribution in [3.63, 3.8) is 0 Å². The predicted molar refractivity (Wildman–Crippen MR) is 165 cm³/mol. The monoisotopic (exact) mass is 624 g/mol. The van der Waals surface area contributed by atoms with Crippen LogP contribution in [0.2, 0.25) is 0 Å². The molecule has 0 radical (unpaired) electrons. The normalized spacial score (nSPS) is 11.6. The van der Waals surface area contributed by atoms with Gasteiger partial charge in [0.15, 0.2) is 0 Å². The van der Waals surface area contributed by atoms with Crippen LogP contribution in [0.5, 0.6) is 0 Å². The molecule has 7 aromatic rings. The molecule has 0 aliphatic heterocycles. The highest BCUT2D eigenvalue weighted by molar-refractivity contribution is 9.10. The van der Waals surface area contributed by atoms with Gasteiger partial charge in [-0.2, -0.15) is 10.2 Å². The number of nitrogens with one attached hydrogen (secondary N) is 1. The van der Waals surface area contributed by atoms with Gasteiger partial charge >= 0.3 is 5.63 Å². The van der Waals surface area contributed by atoms with E-state index in [0.29, 0.717) is 32.7 Å². The van der Waals surface area contributed by atoms with E-state index in [1.165, 1.54) is 22.7 Å². The fraction of sp³-hybridized carbons (Fsp3) is 0. The lowest BCUT2D eigenvalue weighted by atomic mass is 10.1. The molecule has 0 spiro atoms. The molecule has 4 aromatic heterocycles. The van der Waals surface area contributed by atoms with Crippen LogP contribution < -0.4 is 11.1 Å². The molecule has 0 bridgehead atoms. The Morgan fingerprint density at radius 3 is 2.70 bits per heavy atom. The van der Waals surface area contributed by atoms with Crippen molar-refractivity contribution in [2.24, 2.45) is 5.10 Å². The van der Waals surface area contributed by atoms with Crippen LogP contribution >= 0.6 is 38.6 Å². The minimum absolute atomic E-state index is 0.340. The highest BCUT2D eigenvalue weighted by Gasteiger charge is 2.18. The van der Waals surface area contributed by atoms with Crippen LogP contribution in [0, 0.1) is 0 Å². The van der Waals surface area contributed by atoms with Crippen LogP contribution in [0.1, 0.15) is 5.56 Å². The van der Waals surface area contributed by atoms with Crippen molar-refractivity contribution >= 4 is 71.1 Å². The fourth-order valence-corrected chi connectivity index (χ4v) is 6.03. The van der Waals surface area contributed by atoms with Crippen molar-refractivity contribution in [2.45, 2.75) is 0 Å². The van der Waals surface area contributed by atoms with E-state index in [-0.39, 0.29) is 0 Å². The third-order valence-electron chi connectivity index (χ3n) is 6.13. The molecule has 3 aromatic carbocycles. The number of nitrogens with zero attached hydrogens (tertiary/aromatic N) is 5. The molecule has 7 rings (SSSR count). The lowest BCUT2D eigenvalue weighted by molar-refractivity contribution is 0.563. The number of para-hydroxylation sites is 2. The van der Waals surface area contributed by atoms with Gasteiger partial charge in [0.05, 0.1) is 27.7 Å². The first-order chi connectivity index (χ1) is 19.6. The van der Waals surface area contributed by atoms with E-state index in [0.717, 1.165) is 31.3 Å². The highest BCUT2D eigenvalue weighted by Crippen LogP contribution is 2.29. The summed E-state index contributed by atoms with van der Waals surface area (Å²) in [6.07, 6.45) is 3.43. The molecule has 40 heavy (non-hydrogen) atoms. The summed E-state index contributed by atoms with van der Waals surface area (Å²) in [5, 5.41) is 13.3. The minimum Gasteiger partial charge on any atom is -0.422 e. The van der Waals surface area contributed by atoms with Gasteiger partial charge in [0.1, 0.15) is 11.3 Å². The van der Waals surface area contributed by atoms with E-state index in [1.807, 2.05) is 78.3 Å². The maximum absolute atomic E-state index is 13.0. The van der Waals surface area contributed by atoms with Gasteiger partial charge in [0.25, 0.3) is 0 Å². The predicted octanol–water partition coefficient (Wildman–Crippen LogP) is 7.59. The lowest BCUT2D eigenvalue weighted by Crippen LogP contribution is -2.05. The van der Waals surface area contributed by atoms with Gasteiger partial charge < -0.3 is 4.42 Å². The largest absolute Gasteiger partial charge is 0.422 e. The SMILES string of the molecule is O=c1oc2ccccc2cc1-c1nn(-c2nc3ccccc3s2)cc1/C=N/Nc1nc(-c2ccc(Br)cc2)cs1. The van der Waals surface area contributed by atoms with Gasteiger partial charge in [-0.3, -0.25) is 5.43 Å². The summed E-state index contributed by atoms with van der Waals surface area (Å²) < 4.78 is 9.33. The molecule has 0 amide bonds. The number of benzene rings is 3. The first-order valence-electron chi connectivity index (χ1n) is 12.1. The van der Waals surface area contributed by atoms with E-state index in [9.17, 15) is 4.79 Å². The van der Waals surface area contributed by atoms with Crippen molar-refractivity contribution in [1.82, 2.24) is 19.7 Å². The summed E-state index contributed by atoms with van der Waals surface area (Å²) in [6, 6.07) is 25.1. The van der Waals surface area contributed by atoms with Gasteiger partial charge in [-0.25, -0.2) is 19.4 Å². The molecule has 4 heterocycles. The Morgan fingerprint density at radius 1 is 1.00 bits per heavy atom. The Labute approximate surface area is 243 Å². The fourth-order valence-electron chi connectivity index (χ4n) is 4.21. The Morgan fingerprint density at radius 2 is 1.82 bits per heavy atom. The van der Waals surface area contributed by atoms with Crippen molar-refractivity contribution in [2.75, 3.05) is 5.43 Å². The van der Waals surface area contributed by atoms with Crippen LogP contribution in [0.15, 0.2) is 109 Å². The molecule has 194 valence electrons. The summed E-state index contributed by atoms with van der Waals surface area (Å²) in [5.74, 6) is 0. The van der Waals surface area contributed by atoms with E-state index >= 15 is 0 Å². The minimum atomic E-state index is -0.477. The van der Waals surface area contributed by atoms with Crippen LogP contribution in [0.25, 0.3) is 48.8 Å². The summed E-state index contributed by atoms with van der Waals surface area (Å²) in [5.41, 5.74) is 7.20.